The summed E-state index contributed by atoms with van der Waals surface area (Å²) in [4.78, 5) is 25.0. The summed E-state index contributed by atoms with van der Waals surface area (Å²) in [6.07, 6.45) is 1.24. The van der Waals surface area contributed by atoms with Crippen molar-refractivity contribution in [1.82, 2.24) is 4.90 Å². The van der Waals surface area contributed by atoms with E-state index in [1.165, 1.54) is 4.90 Å². The summed E-state index contributed by atoms with van der Waals surface area (Å²) >= 11 is 0. The van der Waals surface area contributed by atoms with E-state index in [9.17, 15) is 14.0 Å². The summed E-state index contributed by atoms with van der Waals surface area (Å²) in [5.74, 6) is -0.172. The molecule has 2 unspecified atom stereocenters. The van der Waals surface area contributed by atoms with Gasteiger partial charge in [0.05, 0.1) is 0 Å². The lowest BCUT2D eigenvalue weighted by molar-refractivity contribution is -0.133. The molecule has 4 rings (SSSR count). The van der Waals surface area contributed by atoms with Gasteiger partial charge in [0.25, 0.3) is 0 Å². The zero-order chi connectivity index (χ0) is 19.0. The Morgan fingerprint density at radius 2 is 1.70 bits per heavy atom. The highest BCUT2D eigenvalue weighted by atomic mass is 19.1. The highest BCUT2D eigenvalue weighted by Crippen LogP contribution is 2.44. The summed E-state index contributed by atoms with van der Waals surface area (Å²) < 4.78 is 18.9. The molecule has 0 aromatic heterocycles. The second kappa shape index (κ2) is 6.99. The molecule has 1 aliphatic heterocycles. The molecule has 2 aliphatic rings. The normalized spacial score (nSPS) is 20.9. The van der Waals surface area contributed by atoms with Gasteiger partial charge in [0, 0.05) is 12.5 Å². The summed E-state index contributed by atoms with van der Waals surface area (Å²) in [6.45, 7) is 4.08. The van der Waals surface area contributed by atoms with Crippen molar-refractivity contribution in [2.24, 2.45) is 5.92 Å². The van der Waals surface area contributed by atoms with Crippen molar-refractivity contribution in [2.45, 2.75) is 18.4 Å². The van der Waals surface area contributed by atoms with Crippen LogP contribution >= 0.6 is 0 Å². The molecule has 5 heteroatoms. The lowest BCUT2D eigenvalue weighted by Gasteiger charge is -2.22. The van der Waals surface area contributed by atoms with Crippen LogP contribution in [0.15, 0.2) is 61.2 Å². The zero-order valence-electron chi connectivity index (χ0n) is 14.8. The molecule has 0 bridgehead atoms. The van der Waals surface area contributed by atoms with Crippen molar-refractivity contribution in [3.05, 3.63) is 72.3 Å². The van der Waals surface area contributed by atoms with E-state index in [2.05, 4.69) is 18.7 Å². The average molecular weight is 365 g/mol. The van der Waals surface area contributed by atoms with Gasteiger partial charge in [-0.3, -0.25) is 9.69 Å². The molecule has 2 atom stereocenters. The molecule has 0 radical (unpaired) electrons. The topological polar surface area (TPSA) is 46.6 Å². The van der Waals surface area contributed by atoms with Crippen molar-refractivity contribution in [2.75, 3.05) is 13.2 Å². The van der Waals surface area contributed by atoms with Gasteiger partial charge >= 0.3 is 12.1 Å². The van der Waals surface area contributed by atoms with Crippen LogP contribution in [0.5, 0.6) is 0 Å². The fourth-order valence-electron chi connectivity index (χ4n) is 4.13. The number of nitrogens with zero attached hydrogens (tertiary/aromatic N) is 1. The first-order valence-electron chi connectivity index (χ1n) is 9.03. The standard InChI is InChI=1S/C22H20FNO3/c1-2-14-11-20(21(23)25)24(12-14)22(26)27-13-19-17-9-5-3-7-15(17)16-8-4-6-10-18(16)19/h2-10,14,19-20H,1,11-13H2. The van der Waals surface area contributed by atoms with Gasteiger partial charge in [-0.05, 0) is 34.6 Å². The van der Waals surface area contributed by atoms with Crippen LogP contribution in [-0.2, 0) is 9.53 Å². The van der Waals surface area contributed by atoms with Crippen LogP contribution in [0, 0.1) is 5.92 Å². The van der Waals surface area contributed by atoms with Crippen LogP contribution in [0.3, 0.4) is 0 Å². The molecular formula is C22H20FNO3. The van der Waals surface area contributed by atoms with Crippen molar-refractivity contribution in [3.63, 3.8) is 0 Å². The van der Waals surface area contributed by atoms with E-state index < -0.39 is 18.2 Å². The summed E-state index contributed by atoms with van der Waals surface area (Å²) in [5.41, 5.74) is 4.49. The first-order chi connectivity index (χ1) is 13.1. The van der Waals surface area contributed by atoms with Crippen LogP contribution in [0.4, 0.5) is 9.18 Å². The molecule has 1 amide bonds. The van der Waals surface area contributed by atoms with Crippen molar-refractivity contribution in [1.29, 1.82) is 0 Å². The monoisotopic (exact) mass is 365 g/mol. The Hall–Kier alpha value is -2.95. The highest BCUT2D eigenvalue weighted by Gasteiger charge is 2.40. The van der Waals surface area contributed by atoms with Gasteiger partial charge < -0.3 is 4.74 Å². The van der Waals surface area contributed by atoms with E-state index in [1.807, 2.05) is 36.4 Å². The molecule has 0 saturated carbocycles. The van der Waals surface area contributed by atoms with Crippen LogP contribution < -0.4 is 0 Å². The van der Waals surface area contributed by atoms with Gasteiger partial charge in [-0.1, -0.05) is 54.6 Å². The fourth-order valence-corrected chi connectivity index (χ4v) is 4.13. The predicted octanol–water partition coefficient (Wildman–Crippen LogP) is 4.31. The molecule has 0 spiro atoms. The number of fused-ring (bicyclic) bond motifs is 3. The molecule has 138 valence electrons. The first-order valence-corrected chi connectivity index (χ1v) is 9.03. The molecule has 1 heterocycles. The largest absolute Gasteiger partial charge is 0.448 e. The van der Waals surface area contributed by atoms with Crippen LogP contribution in [0.1, 0.15) is 23.5 Å². The molecular weight excluding hydrogens is 345 g/mol. The molecule has 0 N–H and O–H groups in total. The van der Waals surface area contributed by atoms with Gasteiger partial charge in [-0.2, -0.15) is 4.39 Å². The van der Waals surface area contributed by atoms with E-state index >= 15 is 0 Å². The third-order valence-electron chi connectivity index (χ3n) is 5.50. The first kappa shape index (κ1) is 17.5. The van der Waals surface area contributed by atoms with Crippen LogP contribution in [-0.4, -0.2) is 36.2 Å². The van der Waals surface area contributed by atoms with E-state index in [0.717, 1.165) is 22.3 Å². The third kappa shape index (κ3) is 3.03. The minimum absolute atomic E-state index is 0.0707. The fraction of sp³-hybridized carbons (Fsp3) is 0.273. The van der Waals surface area contributed by atoms with Crippen molar-refractivity contribution < 1.29 is 18.7 Å². The van der Waals surface area contributed by atoms with E-state index in [1.54, 1.807) is 6.08 Å². The molecule has 1 saturated heterocycles. The number of likely N-dealkylation sites (tertiary alicyclic amines) is 1. The van der Waals surface area contributed by atoms with Crippen molar-refractivity contribution >= 4 is 12.1 Å². The van der Waals surface area contributed by atoms with Gasteiger partial charge in [0.15, 0.2) is 0 Å². The second-order valence-corrected chi connectivity index (χ2v) is 7.01. The number of carbonyl (C=O) groups is 2. The minimum Gasteiger partial charge on any atom is -0.448 e. The Kier molecular flexibility index (Phi) is 4.52. The minimum atomic E-state index is -1.51. The Bertz CT molecular complexity index is 864. The van der Waals surface area contributed by atoms with E-state index in [4.69, 9.17) is 4.74 Å². The Morgan fingerprint density at radius 3 is 2.26 bits per heavy atom. The van der Waals surface area contributed by atoms with Gasteiger partial charge in [-0.15, -0.1) is 6.58 Å². The van der Waals surface area contributed by atoms with Gasteiger partial charge in [0.1, 0.15) is 12.6 Å². The molecule has 1 fully saturated rings. The summed E-state index contributed by atoms with van der Waals surface area (Å²) in [5, 5.41) is 0. The number of benzene rings is 2. The molecule has 4 nitrogen and oxygen atoms in total. The number of hydrogen-bond acceptors (Lipinski definition) is 3. The smallest absolute Gasteiger partial charge is 0.410 e. The maximum absolute atomic E-state index is 13.3. The quantitative estimate of drug-likeness (QED) is 0.599. The Labute approximate surface area is 157 Å². The number of hydrogen-bond donors (Lipinski definition) is 0. The highest BCUT2D eigenvalue weighted by molar-refractivity contribution is 5.82. The molecule has 2 aromatic carbocycles. The predicted molar refractivity (Wildman–Crippen MR) is 100.0 cm³/mol. The van der Waals surface area contributed by atoms with Gasteiger partial charge in [-0.25, -0.2) is 4.79 Å². The number of amides is 1. The number of halogens is 1. The zero-order valence-corrected chi connectivity index (χ0v) is 14.8. The number of ether oxygens (including phenoxy) is 1. The van der Waals surface area contributed by atoms with Gasteiger partial charge in [0.2, 0.25) is 0 Å². The Balaban J connectivity index is 1.53. The number of carbonyl (C=O) groups excluding carboxylic acids is 2. The lowest BCUT2D eigenvalue weighted by Crippen LogP contribution is -2.40. The molecule has 1 aliphatic carbocycles. The molecule has 2 aromatic rings. The average Bonchev–Trinajstić information content (AvgIpc) is 3.26. The number of rotatable bonds is 4. The third-order valence-corrected chi connectivity index (χ3v) is 5.50. The summed E-state index contributed by atoms with van der Waals surface area (Å²) in [6, 6.07) is 13.5. The van der Waals surface area contributed by atoms with Crippen LogP contribution in [0.25, 0.3) is 11.1 Å². The van der Waals surface area contributed by atoms with Crippen molar-refractivity contribution in [3.8, 4) is 11.1 Å². The van der Waals surface area contributed by atoms with E-state index in [-0.39, 0.29) is 31.4 Å². The maximum atomic E-state index is 13.3. The van der Waals surface area contributed by atoms with E-state index in [0.29, 0.717) is 0 Å². The maximum Gasteiger partial charge on any atom is 0.410 e. The SMILES string of the molecule is C=CC1CC(C(=O)F)N(C(=O)OCC2c3ccccc3-c3ccccc32)C1. The lowest BCUT2D eigenvalue weighted by atomic mass is 9.98. The summed E-state index contributed by atoms with van der Waals surface area (Å²) in [7, 11) is 0. The van der Waals surface area contributed by atoms with Crippen LogP contribution in [0.2, 0.25) is 0 Å². The molecule has 27 heavy (non-hydrogen) atoms. The second-order valence-electron chi connectivity index (χ2n) is 7.01. The Morgan fingerprint density at radius 1 is 1.11 bits per heavy atom.